The van der Waals surface area contributed by atoms with Gasteiger partial charge in [-0.1, -0.05) is 103 Å². The molecule has 0 saturated carbocycles. The Bertz CT molecular complexity index is 4970. The van der Waals surface area contributed by atoms with Crippen LogP contribution < -0.4 is 61.0 Å². The third-order valence-corrected chi connectivity index (χ3v) is 16.6. The van der Waals surface area contributed by atoms with Gasteiger partial charge in [0.1, 0.15) is 79.8 Å². The second kappa shape index (κ2) is 40.5. The molecular weight excluding hydrogens is 1580 g/mol. The van der Waals surface area contributed by atoms with E-state index >= 15 is 0 Å². The van der Waals surface area contributed by atoms with E-state index in [1.165, 1.54) is 25.1 Å². The van der Waals surface area contributed by atoms with E-state index in [0.717, 1.165) is 49.6 Å². The van der Waals surface area contributed by atoms with Gasteiger partial charge in [0.05, 0.1) is 68.7 Å². The minimum Gasteiger partial charge on any atom is -0.481 e. The van der Waals surface area contributed by atoms with Crippen LogP contribution in [0.3, 0.4) is 0 Å². The number of terminal acetylenes is 1. The largest absolute Gasteiger partial charge is 0.481 e. The van der Waals surface area contributed by atoms with Crippen molar-refractivity contribution in [2.75, 3.05) is 49.1 Å². The van der Waals surface area contributed by atoms with Crippen molar-refractivity contribution in [2.24, 2.45) is 5.92 Å². The molecule has 562 valence electrons. The Kier molecular flexibility index (Phi) is 31.5. The number of nitrogen functional groups attached to an aromatic ring is 3. The lowest BCUT2D eigenvalue weighted by Crippen LogP contribution is -2.16. The molecule has 0 saturated heterocycles. The number of nitrogens with zero attached hydrogens (tertiary/aromatic N) is 15. The molecule has 10 heterocycles. The number of hydrogen-bond acceptors (Lipinski definition) is 27. The second-order valence-electron chi connectivity index (χ2n) is 25.6. The van der Waals surface area contributed by atoms with E-state index in [2.05, 4.69) is 224 Å². The fraction of sp³-hybridized carbons (Fsp3) is 0.286. The number of anilines is 5. The van der Waals surface area contributed by atoms with E-state index in [4.69, 9.17) is 56.8 Å². The van der Waals surface area contributed by atoms with Crippen LogP contribution in [0.1, 0.15) is 116 Å². The Balaban J connectivity index is 0.000000189. The summed E-state index contributed by atoms with van der Waals surface area (Å²) in [6.45, 7) is 28.9. The number of hydrogen-bond donors (Lipinski definition) is 5. The Morgan fingerprint density at radius 3 is 1.26 bits per heavy atom. The molecule has 0 radical (unpaired) electrons. The number of methoxy groups -OCH3 is 2. The minimum absolute atomic E-state index is 0.242. The molecule has 0 bridgehead atoms. The molecule has 10 aromatic heterocycles. The molecule has 0 amide bonds. The van der Waals surface area contributed by atoms with Crippen LogP contribution >= 0.6 is 47.8 Å². The maximum absolute atomic E-state index is 6.17. The lowest BCUT2D eigenvalue weighted by atomic mass is 10.0. The molecule has 0 spiro atoms. The molecule has 0 aliphatic heterocycles. The summed E-state index contributed by atoms with van der Waals surface area (Å²) >= 11 is 10.1. The number of halogens is 3. The number of nitrogens with two attached hydrogens (primary N) is 3. The highest BCUT2D eigenvalue weighted by Gasteiger charge is 2.19. The third kappa shape index (κ3) is 26.4. The van der Waals surface area contributed by atoms with Crippen LogP contribution in [0.5, 0.6) is 69.3 Å². The average Bonchev–Trinajstić information content (AvgIpc) is 0.861. The summed E-state index contributed by atoms with van der Waals surface area (Å²) in [7, 11) is 3.34. The van der Waals surface area contributed by atoms with Gasteiger partial charge in [0.25, 0.3) is 0 Å². The number of aryl methyl sites for hydroxylation is 5. The lowest BCUT2D eigenvalue weighted by molar-refractivity contribution is 0.391. The molecule has 108 heavy (non-hydrogen) atoms. The quantitative estimate of drug-likeness (QED) is 0.0269. The SMILES string of the molecule is C#Cc1cnc(OC)cc1Oc1cnc(C)nc1N.CNc1nc(C)ncc1Oc1cc(Br)ncc1C(C)C.COc1cc(Oc2cnc(C)nc2N)c(C#C[Si](C)(C)C)cn1.Cc1ncc(Oc2cc(Br)ncc2C(C)C)c(NCc2ccccc2)n1.Cc1ncc(Oc2cc(Br)ncc2CC(C)C)c(N)n1. The highest BCUT2D eigenvalue weighted by molar-refractivity contribution is 9.11. The van der Waals surface area contributed by atoms with E-state index in [9.17, 15) is 0 Å². The fourth-order valence-corrected chi connectivity index (χ4v) is 10.6. The van der Waals surface area contributed by atoms with E-state index in [1.54, 1.807) is 78.0 Å². The normalized spacial score (nSPS) is 10.6. The Morgan fingerprint density at radius 2 is 0.843 bits per heavy atom. The van der Waals surface area contributed by atoms with Crippen molar-refractivity contribution in [3.05, 3.63) is 199 Å². The van der Waals surface area contributed by atoms with Crippen molar-refractivity contribution in [3.8, 4) is 93.1 Å². The van der Waals surface area contributed by atoms with Crippen molar-refractivity contribution in [1.82, 2.24) is 74.8 Å². The topological polar surface area (TPSA) is 360 Å². The van der Waals surface area contributed by atoms with Crippen LogP contribution in [-0.4, -0.2) is 104 Å². The average molecular weight is 1670 g/mol. The van der Waals surface area contributed by atoms with Gasteiger partial charge in [-0.3, -0.25) is 0 Å². The zero-order valence-corrected chi connectivity index (χ0v) is 69.0. The summed E-state index contributed by atoms with van der Waals surface area (Å²) in [4.78, 5) is 62.7. The summed E-state index contributed by atoms with van der Waals surface area (Å²) in [5, 5.41) is 6.37. The predicted octanol–water partition coefficient (Wildman–Crippen LogP) is 17.2. The van der Waals surface area contributed by atoms with E-state index in [0.29, 0.717) is 133 Å². The van der Waals surface area contributed by atoms with Crippen LogP contribution in [0.15, 0.2) is 136 Å². The summed E-state index contributed by atoms with van der Waals surface area (Å²) in [6.07, 6.45) is 22.8. The molecular formula is C77H87Br3N20O7Si. The zero-order valence-electron chi connectivity index (χ0n) is 63.2. The predicted molar refractivity (Wildman–Crippen MR) is 433 cm³/mol. The summed E-state index contributed by atoms with van der Waals surface area (Å²) < 4.78 is 41.8. The van der Waals surface area contributed by atoms with Gasteiger partial charge in [-0.25, -0.2) is 74.8 Å². The molecule has 0 fully saturated rings. The first-order chi connectivity index (χ1) is 51.4. The Hall–Kier alpha value is -11.3. The van der Waals surface area contributed by atoms with Gasteiger partial charge >= 0.3 is 0 Å². The molecule has 1 aromatic carbocycles. The third-order valence-electron chi connectivity index (χ3n) is 14.4. The van der Waals surface area contributed by atoms with E-state index < -0.39 is 8.07 Å². The van der Waals surface area contributed by atoms with Gasteiger partial charge in [-0.15, -0.1) is 12.0 Å². The van der Waals surface area contributed by atoms with E-state index in [1.807, 2.05) is 68.8 Å². The molecule has 27 nitrogen and oxygen atoms in total. The number of pyridine rings is 5. The van der Waals surface area contributed by atoms with Gasteiger partial charge < -0.3 is 61.0 Å². The first-order valence-electron chi connectivity index (χ1n) is 33.7. The zero-order chi connectivity index (χ0) is 78.8. The maximum atomic E-state index is 6.17. The van der Waals surface area contributed by atoms with Crippen molar-refractivity contribution in [3.63, 3.8) is 0 Å². The minimum atomic E-state index is -1.52. The van der Waals surface area contributed by atoms with Gasteiger partial charge in [0.2, 0.25) is 11.8 Å². The van der Waals surface area contributed by atoms with Gasteiger partial charge in [-0.2, -0.15) is 0 Å². The van der Waals surface area contributed by atoms with Gasteiger partial charge in [0, 0.05) is 79.2 Å². The Morgan fingerprint density at radius 1 is 0.454 bits per heavy atom. The monoisotopic (exact) mass is 1670 g/mol. The molecule has 11 aromatic rings. The van der Waals surface area contributed by atoms with Crippen LogP contribution in [0.2, 0.25) is 19.6 Å². The summed E-state index contributed by atoms with van der Waals surface area (Å²) in [5.41, 5.74) is 26.2. The molecule has 8 N–H and O–H groups in total. The van der Waals surface area contributed by atoms with Crippen molar-refractivity contribution >= 4 is 85.0 Å². The number of nitrogens with one attached hydrogen (secondary N) is 2. The van der Waals surface area contributed by atoms with Crippen LogP contribution in [-0.2, 0) is 13.0 Å². The van der Waals surface area contributed by atoms with Crippen LogP contribution in [0, 0.1) is 64.3 Å². The number of benzene rings is 1. The van der Waals surface area contributed by atoms with Crippen molar-refractivity contribution in [2.45, 2.75) is 121 Å². The lowest BCUT2D eigenvalue weighted by Gasteiger charge is -2.16. The standard InChI is InChI=1S/C20H21BrN4O.C16H20N4O2Si.2C14H17BrN4O.C13H12N4O2/c1-13(2)16-11-23-19(21)9-17(16)26-18-12-22-14(3)25-20(18)24-10-15-7-5-4-6-8-15;1-11-18-10-14(16(17)20-11)22-13-8-15(21-2)19-9-12(13)6-7-23(3,4)5;1-8(2)10-6-18-13(15)5-11(10)20-12-7-17-9(3)19-14(12)16-4;1-8(2)4-10-6-18-13(15)5-11(10)20-12-7-17-9(3)19-14(12)16;1-4-9-6-16-12(18-3)5-10(9)19-11-7-15-8(2)17-13(11)14/h4-9,11-13H,10H2,1-3H3,(H,22,24,25);8-10H,1-5H3,(H2,17,18,20);5-8H,1-4H3,(H,16,17,19);5-8H,4H2,1-3H3,(H2,16,17,19);1,5-7H,2-3H3,(H2,14,15,17). The summed E-state index contributed by atoms with van der Waals surface area (Å²) in [5.74, 6) is 18.4. The number of ether oxygens (including phenoxy) is 7. The first-order valence-corrected chi connectivity index (χ1v) is 39.6. The molecule has 31 heteroatoms. The fourth-order valence-electron chi connectivity index (χ4n) is 9.12. The molecule has 0 aliphatic carbocycles. The molecule has 0 aliphatic rings. The smallest absolute Gasteiger partial charge is 0.216 e. The van der Waals surface area contributed by atoms with Crippen molar-refractivity contribution in [1.29, 1.82) is 0 Å². The van der Waals surface area contributed by atoms with Crippen LogP contribution in [0.25, 0.3) is 0 Å². The van der Waals surface area contributed by atoms with Gasteiger partial charge in [-0.05, 0) is 112 Å². The molecule has 11 rings (SSSR count). The number of rotatable bonds is 20. The highest BCUT2D eigenvalue weighted by Crippen LogP contribution is 2.38. The summed E-state index contributed by atoms with van der Waals surface area (Å²) in [6, 6.07) is 19.0. The number of aromatic nitrogens is 15. The Labute approximate surface area is 656 Å². The van der Waals surface area contributed by atoms with E-state index in [-0.39, 0.29) is 17.6 Å². The molecule has 0 unspecified atom stereocenters. The second-order valence-corrected chi connectivity index (χ2v) is 32.7. The molecule has 0 atom stereocenters. The van der Waals surface area contributed by atoms with Crippen molar-refractivity contribution < 1.29 is 33.2 Å². The van der Waals surface area contributed by atoms with Crippen LogP contribution in [0.4, 0.5) is 29.1 Å². The first kappa shape index (κ1) is 84.0. The highest BCUT2D eigenvalue weighted by atomic mass is 79.9. The van der Waals surface area contributed by atoms with Gasteiger partial charge in [0.15, 0.2) is 57.8 Å². The maximum Gasteiger partial charge on any atom is 0.216 e.